The Morgan fingerprint density at radius 1 is 0.646 bits per heavy atom. The molecule has 6 atom stereocenters. The lowest BCUT2D eigenvalue weighted by atomic mass is 10.0. The number of methoxy groups -OCH3 is 2. The summed E-state index contributed by atoms with van der Waals surface area (Å²) >= 11 is 0. The van der Waals surface area contributed by atoms with Crippen molar-refractivity contribution in [1.82, 2.24) is 40.4 Å². The zero-order chi connectivity index (χ0) is 46.3. The Morgan fingerprint density at radius 2 is 1.08 bits per heavy atom. The largest absolute Gasteiger partial charge is 0.453 e. The summed E-state index contributed by atoms with van der Waals surface area (Å²) in [5.74, 6) is 0.519. The molecule has 1 unspecified atom stereocenters. The number of rotatable bonds is 11. The SMILES string of the molecule is COC(=O)N[C@H](C(=O)N1CCCC1c1nc2ccc([C@@H]3CC[C@@H](c4ccc5nc([C@@H]6CCCN6C(=O)[C@@H](NC(=O)OC)C(C)C)[nH]c5c4)N3c3ccc(C(F)(F)F)cc3)cc2[nH]1)C(C)C. The summed E-state index contributed by atoms with van der Waals surface area (Å²) in [6.45, 7) is 8.50. The van der Waals surface area contributed by atoms with Crippen LogP contribution >= 0.6 is 0 Å². The van der Waals surface area contributed by atoms with E-state index in [9.17, 15) is 32.3 Å². The highest BCUT2D eigenvalue weighted by Crippen LogP contribution is 2.48. The molecule has 8 rings (SSSR count). The molecule has 3 saturated heterocycles. The van der Waals surface area contributed by atoms with Crippen molar-refractivity contribution >= 4 is 51.8 Å². The molecule has 18 heteroatoms. The second-order valence-electron chi connectivity index (χ2n) is 18.0. The number of benzene rings is 3. The van der Waals surface area contributed by atoms with Crippen molar-refractivity contribution < 1.29 is 41.8 Å². The van der Waals surface area contributed by atoms with Gasteiger partial charge in [-0.3, -0.25) is 9.59 Å². The van der Waals surface area contributed by atoms with E-state index < -0.39 is 36.0 Å². The van der Waals surface area contributed by atoms with Crippen LogP contribution in [0.2, 0.25) is 0 Å². The van der Waals surface area contributed by atoms with Gasteiger partial charge in [0, 0.05) is 18.8 Å². The standard InChI is InChI=1S/C47H56F3N9O6/c1-25(2)39(55-45(62)64-5)43(60)57-21-7-9-37(57)41-51-31-17-11-27(23-33(31)53-41)35-19-20-36(59(35)30-15-13-29(14-16-30)47(48,49)50)28-12-18-32-34(24-28)54-42(52-32)38-10-8-22-58(38)44(61)40(26(3)4)56-46(63)65-6/h11-18,23-26,35-40H,7-10,19-22H2,1-6H3,(H,51,53)(H,52,54)(H,55,62)(H,56,63)/t35-,36-,37-,38?,39-,40-/m0/s1. The summed E-state index contributed by atoms with van der Waals surface area (Å²) in [5.41, 5.74) is 4.79. The van der Waals surface area contributed by atoms with Crippen LogP contribution in [0.15, 0.2) is 60.7 Å². The number of amides is 4. The number of halogens is 3. The zero-order valence-corrected chi connectivity index (χ0v) is 37.4. The Balaban J connectivity index is 1.09. The number of alkyl halides is 3. The lowest BCUT2D eigenvalue weighted by Gasteiger charge is -2.33. The number of H-pyrrole nitrogens is 2. The molecule has 5 heterocycles. The summed E-state index contributed by atoms with van der Waals surface area (Å²) in [4.78, 5) is 74.4. The molecule has 0 aliphatic carbocycles. The molecule has 0 saturated carbocycles. The van der Waals surface area contributed by atoms with E-state index in [1.807, 2.05) is 64.1 Å². The third-order valence-corrected chi connectivity index (χ3v) is 13.2. The van der Waals surface area contributed by atoms with Crippen LogP contribution in [0.25, 0.3) is 22.1 Å². The number of hydrogen-bond acceptors (Lipinski definition) is 9. The summed E-state index contributed by atoms with van der Waals surface area (Å²) in [5, 5.41) is 5.37. The van der Waals surface area contributed by atoms with Crippen LogP contribution in [0.4, 0.5) is 28.4 Å². The van der Waals surface area contributed by atoms with Gasteiger partial charge in [0.1, 0.15) is 23.7 Å². The van der Waals surface area contributed by atoms with Gasteiger partial charge in [-0.05, 0) is 110 Å². The van der Waals surface area contributed by atoms with Gasteiger partial charge < -0.3 is 44.8 Å². The van der Waals surface area contributed by atoms with Gasteiger partial charge in [0.15, 0.2) is 0 Å². The first-order valence-electron chi connectivity index (χ1n) is 22.3. The summed E-state index contributed by atoms with van der Waals surface area (Å²) < 4.78 is 51.0. The van der Waals surface area contributed by atoms with Crippen molar-refractivity contribution in [3.63, 3.8) is 0 Å². The molecule has 4 amide bonds. The van der Waals surface area contributed by atoms with Gasteiger partial charge in [-0.1, -0.05) is 39.8 Å². The van der Waals surface area contributed by atoms with E-state index in [1.165, 1.54) is 26.4 Å². The first-order valence-corrected chi connectivity index (χ1v) is 22.3. The molecule has 15 nitrogen and oxygen atoms in total. The summed E-state index contributed by atoms with van der Waals surface area (Å²) in [7, 11) is 2.52. The zero-order valence-electron chi connectivity index (χ0n) is 37.4. The van der Waals surface area contributed by atoms with Gasteiger partial charge in [-0.2, -0.15) is 13.2 Å². The molecule has 65 heavy (non-hydrogen) atoms. The van der Waals surface area contributed by atoms with Crippen LogP contribution in [0.1, 0.15) is 119 Å². The number of likely N-dealkylation sites (tertiary alicyclic amines) is 2. The topological polar surface area (TPSA) is 178 Å². The lowest BCUT2D eigenvalue weighted by molar-refractivity contribution is -0.138. The van der Waals surface area contributed by atoms with Crippen molar-refractivity contribution in [1.29, 1.82) is 0 Å². The molecule has 0 spiro atoms. The van der Waals surface area contributed by atoms with Crippen molar-refractivity contribution in [2.24, 2.45) is 11.8 Å². The summed E-state index contributed by atoms with van der Waals surface area (Å²) in [6.07, 6.45) is -1.50. The number of ether oxygens (including phenoxy) is 2. The molecule has 3 fully saturated rings. The molecule has 4 N–H and O–H groups in total. The molecule has 3 aliphatic rings. The van der Waals surface area contributed by atoms with Gasteiger partial charge >= 0.3 is 18.4 Å². The molecule has 3 aromatic carbocycles. The smallest absolute Gasteiger partial charge is 0.416 e. The quantitative estimate of drug-likeness (QED) is 0.101. The van der Waals surface area contributed by atoms with Crippen LogP contribution in [-0.2, 0) is 25.2 Å². The highest BCUT2D eigenvalue weighted by Gasteiger charge is 2.41. The van der Waals surface area contributed by atoms with Gasteiger partial charge in [-0.15, -0.1) is 0 Å². The molecule has 0 bridgehead atoms. The minimum atomic E-state index is -4.49. The fourth-order valence-electron chi connectivity index (χ4n) is 9.86. The first-order chi connectivity index (χ1) is 31.1. The Kier molecular flexibility index (Phi) is 12.7. The number of carbonyl (C=O) groups excluding carboxylic acids is 4. The highest BCUT2D eigenvalue weighted by molar-refractivity contribution is 5.87. The molecular formula is C47H56F3N9O6. The Morgan fingerprint density at radius 3 is 1.46 bits per heavy atom. The van der Waals surface area contributed by atoms with Crippen LogP contribution in [0, 0.1) is 11.8 Å². The number of carbonyl (C=O) groups is 4. The minimum absolute atomic E-state index is 0.176. The third kappa shape index (κ3) is 9.03. The van der Waals surface area contributed by atoms with Crippen LogP contribution in [0.5, 0.6) is 0 Å². The van der Waals surface area contributed by atoms with Gasteiger partial charge in [0.25, 0.3) is 0 Å². The second kappa shape index (κ2) is 18.3. The van der Waals surface area contributed by atoms with Crippen molar-refractivity contribution in [3.05, 3.63) is 89.0 Å². The van der Waals surface area contributed by atoms with Crippen molar-refractivity contribution in [3.8, 4) is 0 Å². The number of aromatic nitrogens is 4. The fourth-order valence-corrected chi connectivity index (χ4v) is 9.86. The predicted octanol–water partition coefficient (Wildman–Crippen LogP) is 8.63. The van der Waals surface area contributed by atoms with Gasteiger partial charge in [0.2, 0.25) is 11.8 Å². The van der Waals surface area contributed by atoms with E-state index in [-0.39, 0.29) is 47.8 Å². The fraction of sp³-hybridized carbons (Fsp3) is 0.489. The Labute approximate surface area is 374 Å². The number of fused-ring (bicyclic) bond motifs is 2. The molecule has 2 aromatic heterocycles. The van der Waals surface area contributed by atoms with E-state index in [2.05, 4.69) is 25.5 Å². The molecule has 346 valence electrons. The molecular weight excluding hydrogens is 844 g/mol. The van der Waals surface area contributed by atoms with E-state index >= 15 is 0 Å². The van der Waals surface area contributed by atoms with E-state index in [4.69, 9.17) is 19.4 Å². The number of imidazole rings is 2. The number of nitrogens with one attached hydrogen (secondary N) is 4. The maximum absolute atomic E-state index is 13.8. The predicted molar refractivity (Wildman–Crippen MR) is 237 cm³/mol. The third-order valence-electron chi connectivity index (χ3n) is 13.2. The first kappa shape index (κ1) is 45.2. The second-order valence-corrected chi connectivity index (χ2v) is 18.0. The number of nitrogens with zero attached hydrogens (tertiary/aromatic N) is 5. The maximum atomic E-state index is 13.8. The Bertz CT molecular complexity index is 2410. The van der Waals surface area contributed by atoms with Crippen LogP contribution in [-0.4, -0.2) is 93.1 Å². The summed E-state index contributed by atoms with van der Waals surface area (Å²) in [6, 6.07) is 14.6. The van der Waals surface area contributed by atoms with Gasteiger partial charge in [0.05, 0.1) is 66.0 Å². The van der Waals surface area contributed by atoms with Crippen LogP contribution < -0.4 is 15.5 Å². The van der Waals surface area contributed by atoms with Crippen molar-refractivity contribution in [2.45, 2.75) is 109 Å². The molecule has 5 aromatic rings. The lowest BCUT2D eigenvalue weighted by Crippen LogP contribution is -2.51. The maximum Gasteiger partial charge on any atom is 0.416 e. The number of alkyl carbamates (subject to hydrolysis) is 2. The number of anilines is 1. The van der Waals surface area contributed by atoms with Crippen molar-refractivity contribution in [2.75, 3.05) is 32.2 Å². The monoisotopic (exact) mass is 899 g/mol. The van der Waals surface area contributed by atoms with Crippen LogP contribution in [0.3, 0.4) is 0 Å². The normalized spacial score (nSPS) is 21.1. The average Bonchev–Trinajstić information content (AvgIpc) is 4.14. The molecule has 0 radical (unpaired) electrons. The van der Waals surface area contributed by atoms with E-state index in [0.717, 1.165) is 47.1 Å². The van der Waals surface area contributed by atoms with E-state index in [0.29, 0.717) is 67.1 Å². The minimum Gasteiger partial charge on any atom is -0.453 e. The number of hydrogen-bond donors (Lipinski definition) is 4. The van der Waals surface area contributed by atoms with Gasteiger partial charge in [-0.25, -0.2) is 19.6 Å². The Hall–Kier alpha value is -6.33. The van der Waals surface area contributed by atoms with E-state index in [1.54, 1.807) is 9.80 Å². The average molecular weight is 900 g/mol. The molecule has 3 aliphatic heterocycles. The highest BCUT2D eigenvalue weighted by atomic mass is 19.4. The number of aromatic amines is 2.